The number of aryl methyl sites for hydroxylation is 1. The Labute approximate surface area is 112 Å². The maximum atomic E-state index is 11.1. The number of aliphatic hydroxyl groups is 1. The van der Waals surface area contributed by atoms with Crippen LogP contribution in [0.2, 0.25) is 0 Å². The van der Waals surface area contributed by atoms with Crippen LogP contribution in [-0.2, 0) is 0 Å². The van der Waals surface area contributed by atoms with Gasteiger partial charge in [-0.2, -0.15) is 0 Å². The summed E-state index contributed by atoms with van der Waals surface area (Å²) in [5.41, 5.74) is 0.856. The second kappa shape index (κ2) is 5.97. The number of pyridine rings is 1. The fourth-order valence-corrected chi connectivity index (χ4v) is 2.63. The Morgan fingerprint density at radius 2 is 2.37 bits per heavy atom. The van der Waals surface area contributed by atoms with Crippen molar-refractivity contribution in [1.82, 2.24) is 4.98 Å². The van der Waals surface area contributed by atoms with Crippen molar-refractivity contribution >= 4 is 11.5 Å². The number of hydrogen-bond donors (Lipinski definition) is 1. The van der Waals surface area contributed by atoms with Crippen molar-refractivity contribution in [2.45, 2.75) is 38.6 Å². The van der Waals surface area contributed by atoms with Crippen molar-refractivity contribution in [1.29, 1.82) is 0 Å². The first-order valence-corrected chi connectivity index (χ1v) is 6.63. The SMILES string of the molecule is Cc1ccc([N+](=O)[O-])c(N2CCCC2CCCO)n1. The molecule has 2 rings (SSSR count). The lowest BCUT2D eigenvalue weighted by Crippen LogP contribution is -2.30. The predicted octanol–water partition coefficient (Wildman–Crippen LogP) is 2.04. The smallest absolute Gasteiger partial charge is 0.311 e. The molecule has 1 aromatic rings. The maximum absolute atomic E-state index is 11.1. The fourth-order valence-electron chi connectivity index (χ4n) is 2.63. The van der Waals surface area contributed by atoms with Crippen LogP contribution in [0.25, 0.3) is 0 Å². The van der Waals surface area contributed by atoms with E-state index in [2.05, 4.69) is 4.98 Å². The van der Waals surface area contributed by atoms with Crippen molar-refractivity contribution in [3.05, 3.63) is 27.9 Å². The Morgan fingerprint density at radius 1 is 1.58 bits per heavy atom. The summed E-state index contributed by atoms with van der Waals surface area (Å²) in [6.45, 7) is 2.80. The van der Waals surface area contributed by atoms with Crippen LogP contribution in [0.5, 0.6) is 0 Å². The van der Waals surface area contributed by atoms with Crippen LogP contribution in [0, 0.1) is 17.0 Å². The number of aliphatic hydroxyl groups excluding tert-OH is 1. The first-order valence-electron chi connectivity index (χ1n) is 6.63. The molecule has 2 heterocycles. The Bertz CT molecular complexity index is 464. The van der Waals surface area contributed by atoms with E-state index in [4.69, 9.17) is 5.11 Å². The predicted molar refractivity (Wildman–Crippen MR) is 72.3 cm³/mol. The molecular weight excluding hydrogens is 246 g/mol. The zero-order valence-corrected chi connectivity index (χ0v) is 11.1. The van der Waals surface area contributed by atoms with Crippen molar-refractivity contribution in [2.75, 3.05) is 18.1 Å². The van der Waals surface area contributed by atoms with Crippen LogP contribution < -0.4 is 4.90 Å². The third-order valence-electron chi connectivity index (χ3n) is 3.54. The van der Waals surface area contributed by atoms with Crippen LogP contribution in [-0.4, -0.2) is 34.2 Å². The number of aromatic nitrogens is 1. The molecule has 1 aromatic heterocycles. The summed E-state index contributed by atoms with van der Waals surface area (Å²) in [6.07, 6.45) is 3.60. The quantitative estimate of drug-likeness (QED) is 0.651. The third kappa shape index (κ3) is 3.01. The maximum Gasteiger partial charge on any atom is 0.311 e. The number of nitrogens with zero attached hydrogens (tertiary/aromatic N) is 3. The van der Waals surface area contributed by atoms with Crippen LogP contribution in [0.1, 0.15) is 31.4 Å². The molecule has 0 spiro atoms. The minimum absolute atomic E-state index is 0.0708. The summed E-state index contributed by atoms with van der Waals surface area (Å²) < 4.78 is 0. The largest absolute Gasteiger partial charge is 0.396 e. The van der Waals surface area contributed by atoms with E-state index >= 15 is 0 Å². The zero-order chi connectivity index (χ0) is 13.8. The Kier molecular flexibility index (Phi) is 4.31. The van der Waals surface area contributed by atoms with E-state index in [0.29, 0.717) is 5.82 Å². The summed E-state index contributed by atoms with van der Waals surface area (Å²) in [6, 6.07) is 3.44. The average Bonchev–Trinajstić information content (AvgIpc) is 2.83. The first kappa shape index (κ1) is 13.7. The Hall–Kier alpha value is -1.69. The molecule has 0 aliphatic carbocycles. The van der Waals surface area contributed by atoms with Gasteiger partial charge < -0.3 is 10.0 Å². The van der Waals surface area contributed by atoms with E-state index in [1.165, 1.54) is 6.07 Å². The van der Waals surface area contributed by atoms with Gasteiger partial charge >= 0.3 is 5.69 Å². The van der Waals surface area contributed by atoms with Crippen molar-refractivity contribution < 1.29 is 10.0 Å². The molecule has 19 heavy (non-hydrogen) atoms. The van der Waals surface area contributed by atoms with Gasteiger partial charge in [0.2, 0.25) is 5.82 Å². The van der Waals surface area contributed by atoms with E-state index in [0.717, 1.165) is 37.9 Å². The molecule has 0 radical (unpaired) electrons. The molecule has 1 aliphatic rings. The highest BCUT2D eigenvalue weighted by molar-refractivity contribution is 5.59. The van der Waals surface area contributed by atoms with Crippen LogP contribution in [0.3, 0.4) is 0 Å². The molecule has 0 amide bonds. The molecule has 1 aliphatic heterocycles. The van der Waals surface area contributed by atoms with Gasteiger partial charge in [0.15, 0.2) is 0 Å². The molecule has 0 aromatic carbocycles. The van der Waals surface area contributed by atoms with Gasteiger partial charge in [-0.05, 0) is 38.7 Å². The van der Waals surface area contributed by atoms with E-state index in [9.17, 15) is 10.1 Å². The minimum Gasteiger partial charge on any atom is -0.396 e. The molecule has 6 heteroatoms. The number of nitro groups is 1. The van der Waals surface area contributed by atoms with Crippen LogP contribution >= 0.6 is 0 Å². The number of hydrogen-bond acceptors (Lipinski definition) is 5. The van der Waals surface area contributed by atoms with Crippen LogP contribution in [0.15, 0.2) is 12.1 Å². The normalized spacial score (nSPS) is 18.8. The molecule has 1 atom stereocenters. The summed E-state index contributed by atoms with van der Waals surface area (Å²) in [5.74, 6) is 0.477. The van der Waals surface area contributed by atoms with Crippen molar-refractivity contribution in [3.8, 4) is 0 Å². The highest BCUT2D eigenvalue weighted by Crippen LogP contribution is 2.33. The minimum atomic E-state index is -0.372. The summed E-state index contributed by atoms with van der Waals surface area (Å²) in [5, 5.41) is 20.0. The van der Waals surface area contributed by atoms with E-state index in [1.54, 1.807) is 6.07 Å². The van der Waals surface area contributed by atoms with Gasteiger partial charge in [-0.1, -0.05) is 0 Å². The van der Waals surface area contributed by atoms with Gasteiger partial charge in [0.05, 0.1) is 4.92 Å². The van der Waals surface area contributed by atoms with Gasteiger partial charge in [0.25, 0.3) is 0 Å². The zero-order valence-electron chi connectivity index (χ0n) is 11.1. The number of rotatable bonds is 5. The van der Waals surface area contributed by atoms with E-state index in [-0.39, 0.29) is 23.3 Å². The first-order chi connectivity index (χ1) is 9.13. The van der Waals surface area contributed by atoms with E-state index < -0.39 is 0 Å². The summed E-state index contributed by atoms with van der Waals surface area (Å²) >= 11 is 0. The standard InChI is InChI=1S/C13H19N3O3/c1-10-6-7-12(16(18)19)13(14-10)15-8-2-4-11(15)5-3-9-17/h6-7,11,17H,2-5,8-9H2,1H3. The van der Waals surface area contributed by atoms with Gasteiger partial charge in [0.1, 0.15) is 0 Å². The van der Waals surface area contributed by atoms with E-state index in [1.807, 2.05) is 11.8 Å². The second-order valence-electron chi connectivity index (χ2n) is 4.91. The highest BCUT2D eigenvalue weighted by Gasteiger charge is 2.30. The monoisotopic (exact) mass is 265 g/mol. The molecular formula is C13H19N3O3. The topological polar surface area (TPSA) is 79.5 Å². The lowest BCUT2D eigenvalue weighted by Gasteiger charge is -2.25. The average molecular weight is 265 g/mol. The molecule has 1 fully saturated rings. The fraction of sp³-hybridized carbons (Fsp3) is 0.615. The molecule has 1 saturated heterocycles. The van der Waals surface area contributed by atoms with Gasteiger partial charge in [-0.15, -0.1) is 0 Å². The Morgan fingerprint density at radius 3 is 3.05 bits per heavy atom. The lowest BCUT2D eigenvalue weighted by molar-refractivity contribution is -0.384. The number of anilines is 1. The van der Waals surface area contributed by atoms with Crippen LogP contribution in [0.4, 0.5) is 11.5 Å². The molecule has 6 nitrogen and oxygen atoms in total. The Balaban J connectivity index is 2.28. The van der Waals surface area contributed by atoms with Crippen molar-refractivity contribution in [2.24, 2.45) is 0 Å². The molecule has 1 unspecified atom stereocenters. The summed E-state index contributed by atoms with van der Waals surface area (Å²) in [7, 11) is 0. The van der Waals surface area contributed by atoms with Gasteiger partial charge in [0, 0.05) is 31.0 Å². The lowest BCUT2D eigenvalue weighted by atomic mass is 10.1. The molecule has 104 valence electrons. The highest BCUT2D eigenvalue weighted by atomic mass is 16.6. The summed E-state index contributed by atoms with van der Waals surface area (Å²) in [4.78, 5) is 17.1. The van der Waals surface area contributed by atoms with Crippen molar-refractivity contribution in [3.63, 3.8) is 0 Å². The van der Waals surface area contributed by atoms with Gasteiger partial charge in [-0.25, -0.2) is 4.98 Å². The second-order valence-corrected chi connectivity index (χ2v) is 4.91. The van der Waals surface area contributed by atoms with Gasteiger partial charge in [-0.3, -0.25) is 10.1 Å². The third-order valence-corrected chi connectivity index (χ3v) is 3.54. The molecule has 0 bridgehead atoms. The molecule has 1 N–H and O–H groups in total. The molecule has 0 saturated carbocycles.